The number of allylic oxidation sites excluding steroid dienone is 2. The maximum absolute atomic E-state index is 6.93. The Hall–Kier alpha value is -8.92. The molecule has 0 radical (unpaired) electrons. The molecule has 75 heavy (non-hydrogen) atoms. The van der Waals surface area contributed by atoms with E-state index < -0.39 is 0 Å². The van der Waals surface area contributed by atoms with Crippen molar-refractivity contribution in [2.45, 2.75) is 47.0 Å². The number of fused-ring (bicyclic) bond motifs is 11. The van der Waals surface area contributed by atoms with Crippen LogP contribution in [-0.4, -0.2) is 0 Å². The predicted molar refractivity (Wildman–Crippen MR) is 318 cm³/mol. The minimum absolute atomic E-state index is 0.0238. The van der Waals surface area contributed by atoms with E-state index in [1.165, 1.54) is 94.0 Å². The molecule has 1 aromatic heterocycles. The van der Waals surface area contributed by atoms with E-state index >= 15 is 0 Å². The van der Waals surface area contributed by atoms with Crippen molar-refractivity contribution < 1.29 is 4.42 Å². The first-order valence-corrected chi connectivity index (χ1v) is 26.5. The number of anilines is 6. The van der Waals surface area contributed by atoms with E-state index in [0.29, 0.717) is 0 Å². The van der Waals surface area contributed by atoms with Gasteiger partial charge >= 0.3 is 0 Å². The Morgan fingerprint density at radius 1 is 0.453 bits per heavy atom. The Balaban J connectivity index is 1.05. The summed E-state index contributed by atoms with van der Waals surface area (Å²) in [5, 5.41) is 7.22. The summed E-state index contributed by atoms with van der Waals surface area (Å²) < 4.78 is 6.93. The summed E-state index contributed by atoms with van der Waals surface area (Å²) in [6.07, 6.45) is 5.29. The van der Waals surface area contributed by atoms with Crippen LogP contribution < -0.4 is 9.80 Å². The Bertz CT molecular complexity index is 4240. The van der Waals surface area contributed by atoms with E-state index in [-0.39, 0.29) is 5.41 Å². The van der Waals surface area contributed by atoms with Crippen molar-refractivity contribution in [2.75, 3.05) is 9.80 Å². The molecule has 0 saturated heterocycles. The van der Waals surface area contributed by atoms with Crippen LogP contribution in [0.15, 0.2) is 235 Å². The number of rotatable bonds is 8. The van der Waals surface area contributed by atoms with Crippen LogP contribution in [0.3, 0.4) is 0 Å². The van der Waals surface area contributed by atoms with Gasteiger partial charge in [0.2, 0.25) is 0 Å². The highest BCUT2D eigenvalue weighted by molar-refractivity contribution is 6.20. The Morgan fingerprint density at radius 3 is 1.79 bits per heavy atom. The maximum atomic E-state index is 6.93. The average molecular weight is 965 g/mol. The van der Waals surface area contributed by atoms with Crippen molar-refractivity contribution >= 4 is 83.2 Å². The van der Waals surface area contributed by atoms with Crippen molar-refractivity contribution in [1.82, 2.24) is 0 Å². The van der Waals surface area contributed by atoms with Gasteiger partial charge in [-0.05, 0) is 176 Å². The molecule has 3 nitrogen and oxygen atoms in total. The largest absolute Gasteiger partial charge is 0.454 e. The van der Waals surface area contributed by atoms with Crippen LogP contribution >= 0.6 is 0 Å². The molecule has 0 unspecified atom stereocenters. The SMILES string of the molecule is C/C=C1\c2c(cc(N(c3ccc(-c4ccccc4)cc3)c3cccc4c3oc3ccccc34)c3ccc4c(C)cc(N(c5ccc(-c6ccccc6)cc5)c5cccc6c5Cc5ccccc5-6)cc4c23)CCC1(C)C. The van der Waals surface area contributed by atoms with E-state index in [2.05, 4.69) is 268 Å². The normalized spacial score (nSPS) is 14.1. The highest BCUT2D eigenvalue weighted by Crippen LogP contribution is 2.54. The molecule has 1 heterocycles. The first-order valence-electron chi connectivity index (χ1n) is 26.5. The number of aryl methyl sites for hydroxylation is 2. The van der Waals surface area contributed by atoms with Crippen molar-refractivity contribution in [3.63, 3.8) is 0 Å². The lowest BCUT2D eigenvalue weighted by molar-refractivity contribution is 0.444. The number of benzene rings is 11. The lowest BCUT2D eigenvalue weighted by Crippen LogP contribution is -2.22. The molecule has 12 aromatic rings. The van der Waals surface area contributed by atoms with Gasteiger partial charge in [-0.1, -0.05) is 184 Å². The zero-order valence-electron chi connectivity index (χ0n) is 42.9. The maximum Gasteiger partial charge on any atom is 0.159 e. The highest BCUT2D eigenvalue weighted by Gasteiger charge is 2.35. The van der Waals surface area contributed by atoms with Gasteiger partial charge in [0.05, 0.1) is 17.1 Å². The van der Waals surface area contributed by atoms with Gasteiger partial charge in [0.1, 0.15) is 5.58 Å². The molecule has 11 aromatic carbocycles. The lowest BCUT2D eigenvalue weighted by Gasteiger charge is -2.37. The molecule has 3 heteroatoms. The number of nitrogens with zero attached hydrogens (tertiary/aromatic N) is 2. The van der Waals surface area contributed by atoms with E-state index in [1.54, 1.807) is 0 Å². The Morgan fingerprint density at radius 2 is 1.05 bits per heavy atom. The fourth-order valence-corrected chi connectivity index (χ4v) is 12.8. The first-order chi connectivity index (χ1) is 36.8. The zero-order valence-corrected chi connectivity index (χ0v) is 42.9. The summed E-state index contributed by atoms with van der Waals surface area (Å²) in [5.41, 5.74) is 23.9. The minimum Gasteiger partial charge on any atom is -0.454 e. The second kappa shape index (κ2) is 17.6. The van der Waals surface area contributed by atoms with Crippen molar-refractivity contribution in [1.29, 1.82) is 0 Å². The molecule has 0 bridgehead atoms. The van der Waals surface area contributed by atoms with Crippen LogP contribution in [0.2, 0.25) is 0 Å². The molecule has 0 fully saturated rings. The monoisotopic (exact) mass is 964 g/mol. The summed E-state index contributed by atoms with van der Waals surface area (Å²) in [4.78, 5) is 5.01. The lowest BCUT2D eigenvalue weighted by atomic mass is 9.68. The summed E-state index contributed by atoms with van der Waals surface area (Å²) in [6, 6.07) is 82.8. The van der Waals surface area contributed by atoms with Crippen LogP contribution in [0.5, 0.6) is 0 Å². The van der Waals surface area contributed by atoms with Gasteiger partial charge in [0.25, 0.3) is 0 Å². The van der Waals surface area contributed by atoms with Crippen LogP contribution in [0.4, 0.5) is 34.1 Å². The molecule has 0 atom stereocenters. The number of para-hydroxylation sites is 2. The van der Waals surface area contributed by atoms with Crippen molar-refractivity contribution in [3.8, 4) is 33.4 Å². The smallest absolute Gasteiger partial charge is 0.159 e. The minimum atomic E-state index is -0.0238. The molecule has 0 amide bonds. The Kier molecular flexibility index (Phi) is 10.5. The van der Waals surface area contributed by atoms with Crippen LogP contribution in [0.25, 0.3) is 82.4 Å². The van der Waals surface area contributed by atoms with Crippen molar-refractivity contribution in [2.24, 2.45) is 5.41 Å². The van der Waals surface area contributed by atoms with Gasteiger partial charge in [-0.2, -0.15) is 0 Å². The molecule has 2 aliphatic rings. The highest BCUT2D eigenvalue weighted by atomic mass is 16.3. The van der Waals surface area contributed by atoms with Gasteiger partial charge in [-0.3, -0.25) is 0 Å². The van der Waals surface area contributed by atoms with Crippen LogP contribution in [0.1, 0.15) is 55.0 Å². The van der Waals surface area contributed by atoms with E-state index in [4.69, 9.17) is 4.42 Å². The van der Waals surface area contributed by atoms with Gasteiger partial charge in [0.15, 0.2) is 5.58 Å². The van der Waals surface area contributed by atoms with E-state index in [1.807, 2.05) is 0 Å². The molecule has 360 valence electrons. The molecule has 14 rings (SSSR count). The third kappa shape index (κ3) is 7.32. The summed E-state index contributed by atoms with van der Waals surface area (Å²) in [6.45, 7) is 9.42. The fraction of sp³-hybridized carbons (Fsp3) is 0.111. The fourth-order valence-electron chi connectivity index (χ4n) is 12.8. The molecule has 0 spiro atoms. The van der Waals surface area contributed by atoms with E-state index in [0.717, 1.165) is 69.6 Å². The Labute approximate surface area is 439 Å². The zero-order chi connectivity index (χ0) is 50.4. The first kappa shape index (κ1) is 44.8. The third-order valence-corrected chi connectivity index (χ3v) is 16.4. The van der Waals surface area contributed by atoms with Crippen LogP contribution in [-0.2, 0) is 12.8 Å². The number of hydrogen-bond donors (Lipinski definition) is 0. The van der Waals surface area contributed by atoms with Gasteiger partial charge < -0.3 is 14.2 Å². The second-order valence-corrected chi connectivity index (χ2v) is 21.2. The molecule has 0 N–H and O–H groups in total. The van der Waals surface area contributed by atoms with E-state index in [9.17, 15) is 0 Å². The topological polar surface area (TPSA) is 19.6 Å². The van der Waals surface area contributed by atoms with Gasteiger partial charge in [-0.15, -0.1) is 0 Å². The predicted octanol–water partition coefficient (Wildman–Crippen LogP) is 20.4. The number of furan rings is 1. The quantitative estimate of drug-likeness (QED) is 0.142. The summed E-state index contributed by atoms with van der Waals surface area (Å²) >= 11 is 0. The molecule has 2 aliphatic carbocycles. The van der Waals surface area contributed by atoms with Gasteiger partial charge in [-0.25, -0.2) is 0 Å². The summed E-state index contributed by atoms with van der Waals surface area (Å²) in [7, 11) is 0. The molecular formula is C72H56N2O. The average Bonchev–Trinajstić information content (AvgIpc) is 4.05. The van der Waals surface area contributed by atoms with Crippen LogP contribution in [0, 0.1) is 12.3 Å². The molecule has 0 aliphatic heterocycles. The standard InChI is InChI=1S/C72H56N2O/c1-5-64-69-52(40-41-72(64,3)4)44-67(74(54-36-32-50(33-37-54)48-20-10-7-11-21-48)66-28-17-26-60-59-24-14-15-29-68(59)75-71(60)66)61-39-38-56-46(2)42-55(45-63(56)70(61)69)73(53-34-30-49(31-35-53)47-18-8-6-9-19-47)65-27-16-25-58-57-23-13-12-22-51(57)43-62(58)65/h5-39,42,44-45H,40-41,43H2,1-4H3/b64-5+. The molecular weight excluding hydrogens is 909 g/mol. The van der Waals surface area contributed by atoms with Gasteiger partial charge in [0, 0.05) is 39.6 Å². The summed E-state index contributed by atoms with van der Waals surface area (Å²) in [5.74, 6) is 0. The number of hydrogen-bond acceptors (Lipinski definition) is 3. The second-order valence-electron chi connectivity index (χ2n) is 21.2. The molecule has 0 saturated carbocycles. The van der Waals surface area contributed by atoms with Crippen molar-refractivity contribution in [3.05, 3.63) is 258 Å². The third-order valence-electron chi connectivity index (χ3n) is 16.4.